The number of hydrogen-bond acceptors (Lipinski definition) is 4. The molecule has 1 aliphatic heterocycles. The first-order chi connectivity index (χ1) is 8.77. The van der Waals surface area contributed by atoms with Crippen LogP contribution in [0.5, 0.6) is 0 Å². The van der Waals surface area contributed by atoms with Gasteiger partial charge in [0.05, 0.1) is 20.3 Å². The van der Waals surface area contributed by atoms with E-state index in [9.17, 15) is 18.4 Å². The second-order valence-corrected chi connectivity index (χ2v) is 4.21. The van der Waals surface area contributed by atoms with Crippen molar-refractivity contribution in [1.82, 2.24) is 5.32 Å². The molecule has 0 bridgehead atoms. The van der Waals surface area contributed by atoms with E-state index in [0.717, 1.165) is 13.0 Å². The van der Waals surface area contributed by atoms with Crippen LogP contribution in [0.3, 0.4) is 0 Å². The Balaban J connectivity index is 2.77. The first-order valence-electron chi connectivity index (χ1n) is 5.46. The summed E-state index contributed by atoms with van der Waals surface area (Å²) in [6.07, 6.45) is 1.17. The van der Waals surface area contributed by atoms with E-state index in [1.807, 2.05) is 0 Å². The Morgan fingerprint density at radius 2 is 2.05 bits per heavy atom. The molecule has 7 heteroatoms. The molecule has 0 radical (unpaired) electrons. The van der Waals surface area contributed by atoms with E-state index in [-0.39, 0.29) is 13.2 Å². The summed E-state index contributed by atoms with van der Waals surface area (Å²) in [5.41, 5.74) is -1.76. The second-order valence-electron chi connectivity index (χ2n) is 4.21. The van der Waals surface area contributed by atoms with Crippen molar-refractivity contribution < 1.29 is 27.8 Å². The van der Waals surface area contributed by atoms with Crippen LogP contribution in [0.2, 0.25) is 0 Å². The molecule has 0 aliphatic carbocycles. The third-order valence-corrected chi connectivity index (χ3v) is 2.77. The lowest BCUT2D eigenvalue weighted by Gasteiger charge is -2.38. The van der Waals surface area contributed by atoms with Crippen LogP contribution in [0.25, 0.3) is 0 Å². The number of rotatable bonds is 5. The molecule has 0 saturated carbocycles. The molecule has 1 saturated heterocycles. The van der Waals surface area contributed by atoms with Crippen LogP contribution in [0.4, 0.5) is 8.78 Å². The van der Waals surface area contributed by atoms with Crippen LogP contribution in [0.15, 0.2) is 24.3 Å². The quantitative estimate of drug-likeness (QED) is 0.458. The molecule has 0 aromatic rings. The maximum absolute atomic E-state index is 13.2. The Morgan fingerprint density at radius 1 is 1.47 bits per heavy atom. The molecule has 0 aromatic heterocycles. The number of halogens is 2. The van der Waals surface area contributed by atoms with E-state index in [4.69, 9.17) is 4.74 Å². The van der Waals surface area contributed by atoms with Gasteiger partial charge in [0, 0.05) is 11.6 Å². The number of esters is 1. The summed E-state index contributed by atoms with van der Waals surface area (Å²) in [5.74, 6) is -4.76. The molecule has 1 fully saturated rings. The number of carbonyl (C=O) groups is 2. The van der Waals surface area contributed by atoms with E-state index >= 15 is 0 Å². The summed E-state index contributed by atoms with van der Waals surface area (Å²) in [6, 6.07) is 0. The molecular formula is C12H15F2NO4. The fourth-order valence-electron chi connectivity index (χ4n) is 1.47. The summed E-state index contributed by atoms with van der Waals surface area (Å²) in [7, 11) is 1.17. The SMILES string of the molecule is C=CC(F)(F)/C(C)=C/C(=O)NC1(C(=O)OC)COC1. The highest BCUT2D eigenvalue weighted by Crippen LogP contribution is 2.25. The number of carbonyl (C=O) groups excluding carboxylic acids is 2. The maximum atomic E-state index is 13.2. The summed E-state index contributed by atoms with van der Waals surface area (Å²) in [5, 5.41) is 2.33. The van der Waals surface area contributed by atoms with Crippen molar-refractivity contribution in [3.05, 3.63) is 24.3 Å². The van der Waals surface area contributed by atoms with Crippen LogP contribution in [-0.4, -0.2) is 43.7 Å². The number of nitrogens with one attached hydrogen (secondary N) is 1. The highest BCUT2D eigenvalue weighted by atomic mass is 19.3. The number of alkyl halides is 2. The zero-order valence-corrected chi connectivity index (χ0v) is 10.7. The van der Waals surface area contributed by atoms with Crippen LogP contribution in [-0.2, 0) is 19.1 Å². The van der Waals surface area contributed by atoms with E-state index in [0.29, 0.717) is 6.08 Å². The minimum absolute atomic E-state index is 0.0455. The molecular weight excluding hydrogens is 260 g/mol. The maximum Gasteiger partial charge on any atom is 0.336 e. The predicted molar refractivity (Wildman–Crippen MR) is 62.6 cm³/mol. The molecule has 19 heavy (non-hydrogen) atoms. The molecule has 1 amide bonds. The molecule has 0 spiro atoms. The fourth-order valence-corrected chi connectivity index (χ4v) is 1.47. The average molecular weight is 275 g/mol. The van der Waals surface area contributed by atoms with Crippen LogP contribution < -0.4 is 5.32 Å². The largest absolute Gasteiger partial charge is 0.467 e. The number of methoxy groups -OCH3 is 1. The van der Waals surface area contributed by atoms with Gasteiger partial charge in [0.25, 0.3) is 5.92 Å². The zero-order chi connectivity index (χ0) is 14.7. The molecule has 5 nitrogen and oxygen atoms in total. The molecule has 0 aromatic carbocycles. The molecule has 1 N–H and O–H groups in total. The van der Waals surface area contributed by atoms with Crippen LogP contribution in [0.1, 0.15) is 6.92 Å². The molecule has 1 heterocycles. The summed E-state index contributed by atoms with van der Waals surface area (Å²) >= 11 is 0. The van der Waals surface area contributed by atoms with Gasteiger partial charge in [-0.25, -0.2) is 4.79 Å². The van der Waals surface area contributed by atoms with Gasteiger partial charge in [0.2, 0.25) is 5.91 Å². The Morgan fingerprint density at radius 3 is 2.42 bits per heavy atom. The molecule has 106 valence electrons. The summed E-state index contributed by atoms with van der Waals surface area (Å²) in [4.78, 5) is 23.1. The monoisotopic (exact) mass is 275 g/mol. The van der Waals surface area contributed by atoms with E-state index < -0.39 is 28.9 Å². The number of ether oxygens (including phenoxy) is 2. The second kappa shape index (κ2) is 5.48. The Bertz CT molecular complexity index is 427. The molecule has 1 aliphatic rings. The highest BCUT2D eigenvalue weighted by molar-refractivity contribution is 5.94. The third-order valence-electron chi connectivity index (χ3n) is 2.77. The first kappa shape index (κ1) is 15.3. The molecule has 0 unspecified atom stereocenters. The fraction of sp³-hybridized carbons (Fsp3) is 0.500. The molecule has 0 atom stereocenters. The van der Waals surface area contributed by atoms with Gasteiger partial charge in [-0.1, -0.05) is 6.58 Å². The average Bonchev–Trinajstić information content (AvgIpc) is 2.32. The molecule has 1 rings (SSSR count). The Labute approximate surface area is 109 Å². The summed E-state index contributed by atoms with van der Waals surface area (Å²) < 4.78 is 35.7. The van der Waals surface area contributed by atoms with Crippen molar-refractivity contribution >= 4 is 11.9 Å². The van der Waals surface area contributed by atoms with Gasteiger partial charge in [0.1, 0.15) is 0 Å². The van der Waals surface area contributed by atoms with Gasteiger partial charge in [-0.15, -0.1) is 0 Å². The van der Waals surface area contributed by atoms with E-state index in [1.54, 1.807) is 0 Å². The van der Waals surface area contributed by atoms with Crippen molar-refractivity contribution in [1.29, 1.82) is 0 Å². The standard InChI is InChI=1S/C12H15F2NO4/c1-4-12(13,14)8(2)5-9(16)15-11(6-19-7-11)10(17)18-3/h4-5H,1,6-7H2,2-3H3,(H,15,16)/b8-5+. The van der Waals surface area contributed by atoms with Crippen LogP contribution in [0, 0.1) is 0 Å². The van der Waals surface area contributed by atoms with Crippen molar-refractivity contribution in [3.63, 3.8) is 0 Å². The minimum Gasteiger partial charge on any atom is -0.467 e. The number of allylic oxidation sites excluding steroid dienone is 2. The normalized spacial score (nSPS) is 18.2. The van der Waals surface area contributed by atoms with Crippen molar-refractivity contribution in [3.8, 4) is 0 Å². The van der Waals surface area contributed by atoms with Gasteiger partial charge in [-0.05, 0) is 13.0 Å². The third kappa shape index (κ3) is 3.17. The van der Waals surface area contributed by atoms with Crippen molar-refractivity contribution in [2.45, 2.75) is 18.4 Å². The van der Waals surface area contributed by atoms with Gasteiger partial charge in [0.15, 0.2) is 5.54 Å². The van der Waals surface area contributed by atoms with Gasteiger partial charge < -0.3 is 14.8 Å². The predicted octanol–water partition coefficient (Wildman–Crippen LogP) is 0.812. The van der Waals surface area contributed by atoms with Gasteiger partial charge >= 0.3 is 5.97 Å². The van der Waals surface area contributed by atoms with Crippen molar-refractivity contribution in [2.75, 3.05) is 20.3 Å². The topological polar surface area (TPSA) is 64.6 Å². The minimum atomic E-state index is -3.27. The zero-order valence-electron chi connectivity index (χ0n) is 10.7. The number of amides is 1. The Hall–Kier alpha value is -1.76. The lowest BCUT2D eigenvalue weighted by Crippen LogP contribution is -2.67. The van der Waals surface area contributed by atoms with E-state index in [1.165, 1.54) is 7.11 Å². The summed E-state index contributed by atoms with van der Waals surface area (Å²) in [6.45, 7) is 4.00. The number of hydrogen-bond donors (Lipinski definition) is 1. The smallest absolute Gasteiger partial charge is 0.336 e. The van der Waals surface area contributed by atoms with Gasteiger partial charge in [-0.2, -0.15) is 8.78 Å². The van der Waals surface area contributed by atoms with Crippen molar-refractivity contribution in [2.24, 2.45) is 0 Å². The highest BCUT2D eigenvalue weighted by Gasteiger charge is 2.48. The first-order valence-corrected chi connectivity index (χ1v) is 5.46. The Kier molecular flexibility index (Phi) is 4.41. The van der Waals surface area contributed by atoms with Gasteiger partial charge in [-0.3, -0.25) is 4.79 Å². The van der Waals surface area contributed by atoms with Crippen LogP contribution >= 0.6 is 0 Å². The van der Waals surface area contributed by atoms with E-state index in [2.05, 4.69) is 16.6 Å². The lowest BCUT2D eigenvalue weighted by atomic mass is 9.97. The lowest BCUT2D eigenvalue weighted by molar-refractivity contribution is -0.171.